The van der Waals surface area contributed by atoms with Crippen LogP contribution >= 0.6 is 0 Å². The molecule has 0 spiro atoms. The van der Waals surface area contributed by atoms with Gasteiger partial charge in [0.1, 0.15) is 11.9 Å². The van der Waals surface area contributed by atoms with Crippen molar-refractivity contribution in [2.75, 3.05) is 6.54 Å². The molecule has 0 radical (unpaired) electrons. The van der Waals surface area contributed by atoms with E-state index in [-0.39, 0.29) is 11.9 Å². The molecule has 1 amide bonds. The van der Waals surface area contributed by atoms with E-state index in [9.17, 15) is 4.79 Å². The van der Waals surface area contributed by atoms with Crippen molar-refractivity contribution in [2.24, 2.45) is 5.73 Å². The van der Waals surface area contributed by atoms with Gasteiger partial charge in [-0.2, -0.15) is 0 Å². The molecule has 0 saturated heterocycles. The monoisotopic (exact) mass is 285 g/mol. The number of rotatable bonds is 4. The van der Waals surface area contributed by atoms with Crippen LogP contribution in [0.3, 0.4) is 0 Å². The van der Waals surface area contributed by atoms with Crippen molar-refractivity contribution in [3.05, 3.63) is 47.5 Å². The van der Waals surface area contributed by atoms with Gasteiger partial charge in [0.15, 0.2) is 5.82 Å². The zero-order valence-electron chi connectivity index (χ0n) is 12.1. The molecule has 2 aromatic rings. The molecule has 21 heavy (non-hydrogen) atoms. The number of carbonyl (C=O) groups is 1. The minimum atomic E-state index is -0.280. The first-order valence-corrected chi connectivity index (χ1v) is 7.16. The molecule has 2 N–H and O–H groups in total. The Hall–Kier alpha value is -2.21. The second-order valence-corrected chi connectivity index (χ2v) is 5.28. The number of nitrogens with two attached hydrogens (primary N) is 1. The summed E-state index contributed by atoms with van der Waals surface area (Å²) in [6, 6.07) is 9.90. The predicted octanol–water partition coefficient (Wildman–Crippen LogP) is 0.883. The van der Waals surface area contributed by atoms with Crippen molar-refractivity contribution in [1.29, 1.82) is 0 Å². The highest BCUT2D eigenvalue weighted by Crippen LogP contribution is 2.22. The molecule has 1 aliphatic heterocycles. The smallest absolute Gasteiger partial charge is 0.245 e. The molecule has 3 rings (SSSR count). The first-order valence-electron chi connectivity index (χ1n) is 7.16. The molecule has 0 unspecified atom stereocenters. The highest BCUT2D eigenvalue weighted by atomic mass is 16.2. The summed E-state index contributed by atoms with van der Waals surface area (Å²) >= 11 is 0. The number of benzene rings is 1. The van der Waals surface area contributed by atoms with E-state index < -0.39 is 0 Å². The third-order valence-corrected chi connectivity index (χ3v) is 3.92. The Morgan fingerprint density at radius 3 is 2.76 bits per heavy atom. The van der Waals surface area contributed by atoms with Crippen LogP contribution in [0.15, 0.2) is 30.3 Å². The predicted molar refractivity (Wildman–Crippen MR) is 78.2 cm³/mol. The zero-order chi connectivity index (χ0) is 14.8. The maximum Gasteiger partial charge on any atom is 0.245 e. The molecule has 2 heterocycles. The van der Waals surface area contributed by atoms with Gasteiger partial charge in [-0.25, -0.2) is 0 Å². The van der Waals surface area contributed by atoms with E-state index in [2.05, 4.69) is 22.3 Å². The van der Waals surface area contributed by atoms with Crippen LogP contribution in [0.4, 0.5) is 0 Å². The summed E-state index contributed by atoms with van der Waals surface area (Å²) < 4.78 is 1.86. The minimum Gasteiger partial charge on any atom is -0.333 e. The van der Waals surface area contributed by atoms with Gasteiger partial charge in [0.05, 0.1) is 13.1 Å². The van der Waals surface area contributed by atoms with Crippen molar-refractivity contribution in [1.82, 2.24) is 19.7 Å². The van der Waals surface area contributed by atoms with Crippen LogP contribution in [-0.2, 0) is 24.3 Å². The standard InChI is InChI=1S/C15H19N5O/c1-11-15(21)19(8-7-12-5-3-2-4-6-12)10-14-18-17-13(9-16)20(11)14/h2-6,11H,7-10,16H2,1H3/t11-/m1/s1. The van der Waals surface area contributed by atoms with E-state index in [1.54, 1.807) is 0 Å². The Kier molecular flexibility index (Phi) is 3.70. The number of nitrogens with zero attached hydrogens (tertiary/aromatic N) is 4. The Morgan fingerprint density at radius 1 is 1.29 bits per heavy atom. The molecule has 0 bridgehead atoms. The van der Waals surface area contributed by atoms with E-state index in [1.165, 1.54) is 5.56 Å². The molecule has 1 aliphatic rings. The van der Waals surface area contributed by atoms with Crippen LogP contribution in [0.25, 0.3) is 0 Å². The SMILES string of the molecule is C[C@@H]1C(=O)N(CCc2ccccc2)Cc2nnc(CN)n21. The average Bonchev–Trinajstić information content (AvgIpc) is 2.93. The number of hydrogen-bond donors (Lipinski definition) is 1. The summed E-state index contributed by atoms with van der Waals surface area (Å²) in [5.41, 5.74) is 6.88. The first kappa shape index (κ1) is 13.8. The maximum atomic E-state index is 12.5. The molecule has 1 atom stereocenters. The van der Waals surface area contributed by atoms with Gasteiger partial charge < -0.3 is 10.6 Å². The molecular weight excluding hydrogens is 266 g/mol. The third kappa shape index (κ3) is 2.54. The van der Waals surface area contributed by atoms with Crippen LogP contribution in [0.2, 0.25) is 0 Å². The maximum absolute atomic E-state index is 12.5. The van der Waals surface area contributed by atoms with Gasteiger partial charge in [0.25, 0.3) is 0 Å². The van der Waals surface area contributed by atoms with E-state index >= 15 is 0 Å². The van der Waals surface area contributed by atoms with Crippen LogP contribution < -0.4 is 5.73 Å². The summed E-state index contributed by atoms with van der Waals surface area (Å²) in [5, 5.41) is 8.22. The van der Waals surface area contributed by atoms with E-state index in [0.717, 1.165) is 12.2 Å². The lowest BCUT2D eigenvalue weighted by atomic mass is 10.1. The number of amides is 1. The highest BCUT2D eigenvalue weighted by Gasteiger charge is 2.32. The molecule has 6 nitrogen and oxygen atoms in total. The normalized spacial score (nSPS) is 17.9. The second kappa shape index (κ2) is 5.65. The van der Waals surface area contributed by atoms with Gasteiger partial charge >= 0.3 is 0 Å². The summed E-state index contributed by atoms with van der Waals surface area (Å²) in [5.74, 6) is 1.59. The van der Waals surface area contributed by atoms with E-state index in [0.29, 0.717) is 25.5 Å². The molecule has 1 aromatic heterocycles. The van der Waals surface area contributed by atoms with Crippen molar-refractivity contribution < 1.29 is 4.79 Å². The molecule has 1 aromatic carbocycles. The number of fused-ring (bicyclic) bond motifs is 1. The molecule has 0 saturated carbocycles. The van der Waals surface area contributed by atoms with Crippen LogP contribution in [0.5, 0.6) is 0 Å². The number of carbonyl (C=O) groups excluding carboxylic acids is 1. The lowest BCUT2D eigenvalue weighted by molar-refractivity contribution is -0.137. The molecular formula is C15H19N5O. The third-order valence-electron chi connectivity index (χ3n) is 3.92. The van der Waals surface area contributed by atoms with Gasteiger partial charge in [-0.05, 0) is 18.9 Å². The van der Waals surface area contributed by atoms with Gasteiger partial charge in [-0.3, -0.25) is 9.36 Å². The minimum absolute atomic E-state index is 0.105. The lowest BCUT2D eigenvalue weighted by Gasteiger charge is -2.32. The molecule has 6 heteroatoms. The molecule has 110 valence electrons. The fourth-order valence-electron chi connectivity index (χ4n) is 2.78. The van der Waals surface area contributed by atoms with Crippen LogP contribution in [-0.4, -0.2) is 32.1 Å². The van der Waals surface area contributed by atoms with Crippen molar-refractivity contribution in [3.8, 4) is 0 Å². The quantitative estimate of drug-likeness (QED) is 0.904. The molecule has 0 aliphatic carbocycles. The summed E-state index contributed by atoms with van der Waals surface area (Å²) in [7, 11) is 0. The summed E-state index contributed by atoms with van der Waals surface area (Å²) in [6.45, 7) is 3.37. The number of hydrogen-bond acceptors (Lipinski definition) is 4. The zero-order valence-corrected chi connectivity index (χ0v) is 12.1. The van der Waals surface area contributed by atoms with Crippen molar-refractivity contribution in [3.63, 3.8) is 0 Å². The fourth-order valence-corrected chi connectivity index (χ4v) is 2.78. The Balaban J connectivity index is 1.75. The van der Waals surface area contributed by atoms with Crippen molar-refractivity contribution >= 4 is 5.91 Å². The largest absolute Gasteiger partial charge is 0.333 e. The van der Waals surface area contributed by atoms with E-state index in [1.807, 2.05) is 34.6 Å². The van der Waals surface area contributed by atoms with Gasteiger partial charge in [-0.1, -0.05) is 30.3 Å². The Bertz CT molecular complexity index is 637. The van der Waals surface area contributed by atoms with Gasteiger partial charge in [0.2, 0.25) is 5.91 Å². The fraction of sp³-hybridized carbons (Fsp3) is 0.400. The van der Waals surface area contributed by atoms with Crippen LogP contribution in [0, 0.1) is 0 Å². The van der Waals surface area contributed by atoms with Crippen molar-refractivity contribution in [2.45, 2.75) is 32.5 Å². The number of aromatic nitrogens is 3. The highest BCUT2D eigenvalue weighted by molar-refractivity contribution is 5.81. The summed E-state index contributed by atoms with van der Waals surface area (Å²) in [6.07, 6.45) is 0.844. The lowest BCUT2D eigenvalue weighted by Crippen LogP contribution is -2.43. The average molecular weight is 285 g/mol. The Labute approximate surface area is 123 Å². The van der Waals surface area contributed by atoms with Gasteiger partial charge in [-0.15, -0.1) is 10.2 Å². The van der Waals surface area contributed by atoms with Crippen LogP contribution in [0.1, 0.15) is 30.2 Å². The van der Waals surface area contributed by atoms with Gasteiger partial charge in [0, 0.05) is 6.54 Å². The topological polar surface area (TPSA) is 77.0 Å². The first-order chi connectivity index (χ1) is 10.2. The summed E-state index contributed by atoms with van der Waals surface area (Å²) in [4.78, 5) is 14.3. The Morgan fingerprint density at radius 2 is 2.05 bits per heavy atom. The second-order valence-electron chi connectivity index (χ2n) is 5.28. The van der Waals surface area contributed by atoms with E-state index in [4.69, 9.17) is 5.73 Å². The molecule has 0 fully saturated rings.